The molecule has 6 heteroatoms. The van der Waals surface area contributed by atoms with Crippen LogP contribution in [0.1, 0.15) is 39.2 Å². The molecule has 1 aliphatic rings. The molecule has 0 aromatic heterocycles. The van der Waals surface area contributed by atoms with E-state index in [9.17, 15) is 13.2 Å². The van der Waals surface area contributed by atoms with Gasteiger partial charge in [-0.25, -0.2) is 8.42 Å². The largest absolute Gasteiger partial charge is 0.353 e. The number of carbonyl (C=O) groups is 1. The van der Waals surface area contributed by atoms with Crippen molar-refractivity contribution in [1.29, 1.82) is 0 Å². The van der Waals surface area contributed by atoms with E-state index in [0.717, 1.165) is 6.42 Å². The van der Waals surface area contributed by atoms with Gasteiger partial charge in [0.25, 0.3) is 0 Å². The summed E-state index contributed by atoms with van der Waals surface area (Å²) in [6.45, 7) is 6.39. The highest BCUT2D eigenvalue weighted by Crippen LogP contribution is 2.28. The fraction of sp³-hybridized carbons (Fsp3) is 0.611. The first-order chi connectivity index (χ1) is 11.2. The summed E-state index contributed by atoms with van der Waals surface area (Å²) in [5, 5.41) is 3.11. The van der Waals surface area contributed by atoms with E-state index in [1.807, 2.05) is 25.1 Å². The molecule has 0 radical (unpaired) electrons. The van der Waals surface area contributed by atoms with Crippen LogP contribution >= 0.6 is 11.8 Å². The van der Waals surface area contributed by atoms with Crippen LogP contribution in [0.4, 0.5) is 0 Å². The maximum absolute atomic E-state index is 12.1. The van der Waals surface area contributed by atoms with Crippen molar-refractivity contribution in [3.8, 4) is 0 Å². The molecule has 2 rings (SSSR count). The van der Waals surface area contributed by atoms with Gasteiger partial charge in [0, 0.05) is 11.3 Å². The van der Waals surface area contributed by atoms with Gasteiger partial charge in [0.1, 0.15) is 0 Å². The van der Waals surface area contributed by atoms with Gasteiger partial charge in [-0.1, -0.05) is 44.2 Å². The predicted molar refractivity (Wildman–Crippen MR) is 101 cm³/mol. The van der Waals surface area contributed by atoms with Crippen molar-refractivity contribution in [2.45, 2.75) is 50.3 Å². The Balaban J connectivity index is 1.77. The molecule has 1 saturated heterocycles. The number of benzene rings is 1. The summed E-state index contributed by atoms with van der Waals surface area (Å²) < 4.78 is 22.9. The van der Waals surface area contributed by atoms with Gasteiger partial charge in [-0.3, -0.25) is 4.79 Å². The van der Waals surface area contributed by atoms with Gasteiger partial charge in [0.15, 0.2) is 9.84 Å². The Morgan fingerprint density at radius 2 is 2.00 bits per heavy atom. The molecule has 0 spiro atoms. The van der Waals surface area contributed by atoms with E-state index in [2.05, 4.69) is 31.3 Å². The lowest BCUT2D eigenvalue weighted by atomic mass is 9.79. The van der Waals surface area contributed by atoms with E-state index in [1.165, 1.54) is 17.3 Å². The third kappa shape index (κ3) is 5.81. The highest BCUT2D eigenvalue weighted by Gasteiger charge is 2.29. The normalized spacial score (nSPS) is 21.4. The third-order valence-electron chi connectivity index (χ3n) is 4.42. The van der Waals surface area contributed by atoms with Crippen LogP contribution in [0.5, 0.6) is 0 Å². The third-order valence-corrected chi connectivity index (χ3v) is 7.70. The van der Waals surface area contributed by atoms with Gasteiger partial charge in [-0.2, -0.15) is 0 Å². The van der Waals surface area contributed by atoms with Crippen molar-refractivity contribution in [1.82, 2.24) is 5.32 Å². The Labute approximate surface area is 149 Å². The van der Waals surface area contributed by atoms with E-state index in [-0.39, 0.29) is 34.1 Å². The number of thioether (sulfide) groups is 1. The van der Waals surface area contributed by atoms with Gasteiger partial charge in [0.05, 0.1) is 17.3 Å². The van der Waals surface area contributed by atoms with Crippen LogP contribution in [0.2, 0.25) is 0 Å². The van der Waals surface area contributed by atoms with Crippen LogP contribution in [0.3, 0.4) is 0 Å². The lowest BCUT2D eigenvalue weighted by Crippen LogP contribution is -2.38. The smallest absolute Gasteiger partial charge is 0.230 e. The second-order valence-corrected chi connectivity index (χ2v) is 10.8. The van der Waals surface area contributed by atoms with Gasteiger partial charge in [-0.05, 0) is 30.7 Å². The second-order valence-electron chi connectivity index (χ2n) is 7.26. The minimum absolute atomic E-state index is 0.0133. The molecule has 0 saturated carbocycles. The van der Waals surface area contributed by atoms with E-state index in [4.69, 9.17) is 0 Å². The zero-order valence-electron chi connectivity index (χ0n) is 14.6. The number of rotatable bonds is 7. The second kappa shape index (κ2) is 7.91. The van der Waals surface area contributed by atoms with Crippen molar-refractivity contribution in [2.75, 3.05) is 17.3 Å². The molecule has 1 aromatic carbocycles. The Morgan fingerprint density at radius 3 is 2.58 bits per heavy atom. The van der Waals surface area contributed by atoms with Gasteiger partial charge >= 0.3 is 0 Å². The molecule has 1 aliphatic heterocycles. The van der Waals surface area contributed by atoms with Crippen molar-refractivity contribution >= 4 is 27.5 Å². The zero-order chi connectivity index (χ0) is 17.8. The van der Waals surface area contributed by atoms with E-state index < -0.39 is 9.84 Å². The molecule has 0 bridgehead atoms. The summed E-state index contributed by atoms with van der Waals surface area (Å²) in [6, 6.07) is 10.4. The van der Waals surface area contributed by atoms with Crippen LogP contribution < -0.4 is 5.32 Å². The SMILES string of the molecule is CC(CC(C)(C)c1ccccc1)NC(=O)CSC1CCS(=O)(=O)C1. The predicted octanol–water partition coefficient (Wildman–Crippen LogP) is 2.78. The van der Waals surface area contributed by atoms with Crippen molar-refractivity contribution in [2.24, 2.45) is 0 Å². The molecule has 1 amide bonds. The maximum atomic E-state index is 12.1. The van der Waals surface area contributed by atoms with Crippen LogP contribution in [-0.2, 0) is 20.0 Å². The van der Waals surface area contributed by atoms with Crippen LogP contribution in [0.25, 0.3) is 0 Å². The average molecular weight is 370 g/mol. The first kappa shape index (κ1) is 19.3. The van der Waals surface area contributed by atoms with Crippen molar-refractivity contribution < 1.29 is 13.2 Å². The highest BCUT2D eigenvalue weighted by atomic mass is 32.2. The minimum atomic E-state index is -2.87. The molecular weight excluding hydrogens is 342 g/mol. The standard InChI is InChI=1S/C18H27NO3S2/c1-14(11-18(2,3)15-7-5-4-6-8-15)19-17(20)12-23-16-9-10-24(21,22)13-16/h4-8,14,16H,9-13H2,1-3H3,(H,19,20). The molecule has 0 aliphatic carbocycles. The molecule has 134 valence electrons. The van der Waals surface area contributed by atoms with E-state index in [1.54, 1.807) is 0 Å². The number of hydrogen-bond donors (Lipinski definition) is 1. The molecule has 1 heterocycles. The number of hydrogen-bond acceptors (Lipinski definition) is 4. The number of amides is 1. The average Bonchev–Trinajstić information content (AvgIpc) is 2.85. The molecule has 2 unspecified atom stereocenters. The lowest BCUT2D eigenvalue weighted by molar-refractivity contribution is -0.119. The lowest BCUT2D eigenvalue weighted by Gasteiger charge is -2.29. The van der Waals surface area contributed by atoms with Crippen LogP contribution in [-0.4, -0.2) is 42.9 Å². The summed E-state index contributed by atoms with van der Waals surface area (Å²) >= 11 is 1.46. The summed E-state index contributed by atoms with van der Waals surface area (Å²) in [5.74, 6) is 0.784. The molecule has 1 fully saturated rings. The summed E-state index contributed by atoms with van der Waals surface area (Å²) in [5.41, 5.74) is 1.25. The minimum Gasteiger partial charge on any atom is -0.353 e. The fourth-order valence-corrected chi connectivity index (χ4v) is 6.68. The number of carbonyl (C=O) groups excluding carboxylic acids is 1. The quantitative estimate of drug-likeness (QED) is 0.803. The molecule has 2 atom stereocenters. The Kier molecular flexibility index (Phi) is 6.37. The van der Waals surface area contributed by atoms with Crippen LogP contribution in [0, 0.1) is 0 Å². The molecule has 24 heavy (non-hydrogen) atoms. The first-order valence-corrected chi connectivity index (χ1v) is 11.2. The van der Waals surface area contributed by atoms with Crippen LogP contribution in [0.15, 0.2) is 30.3 Å². The van der Waals surface area contributed by atoms with Gasteiger partial charge in [-0.15, -0.1) is 11.8 Å². The van der Waals surface area contributed by atoms with E-state index >= 15 is 0 Å². The summed E-state index contributed by atoms with van der Waals surface area (Å²) in [6.07, 6.45) is 1.52. The zero-order valence-corrected chi connectivity index (χ0v) is 16.3. The number of nitrogens with one attached hydrogen (secondary N) is 1. The summed E-state index contributed by atoms with van der Waals surface area (Å²) in [7, 11) is -2.87. The van der Waals surface area contributed by atoms with Gasteiger partial charge in [0.2, 0.25) is 5.91 Å². The maximum Gasteiger partial charge on any atom is 0.230 e. The van der Waals surface area contributed by atoms with Gasteiger partial charge < -0.3 is 5.32 Å². The topological polar surface area (TPSA) is 63.2 Å². The molecule has 1 aromatic rings. The molecule has 4 nitrogen and oxygen atoms in total. The number of sulfone groups is 1. The first-order valence-electron chi connectivity index (χ1n) is 8.35. The Bertz CT molecular complexity index is 656. The highest BCUT2D eigenvalue weighted by molar-refractivity contribution is 8.02. The fourth-order valence-electron chi connectivity index (χ4n) is 3.23. The molecule has 1 N–H and O–H groups in total. The van der Waals surface area contributed by atoms with Crippen molar-refractivity contribution in [3.05, 3.63) is 35.9 Å². The molecular formula is C18H27NO3S2. The monoisotopic (exact) mass is 369 g/mol. The Hall–Kier alpha value is -1.01. The van der Waals surface area contributed by atoms with Crippen molar-refractivity contribution in [3.63, 3.8) is 0 Å². The summed E-state index contributed by atoms with van der Waals surface area (Å²) in [4.78, 5) is 12.1. The van der Waals surface area contributed by atoms with E-state index in [0.29, 0.717) is 12.2 Å². The Morgan fingerprint density at radius 1 is 1.33 bits per heavy atom.